The van der Waals surface area contributed by atoms with Crippen LogP contribution in [0, 0.1) is 5.41 Å². The normalized spacial score (nSPS) is 10.6. The van der Waals surface area contributed by atoms with Crippen LogP contribution in [0.4, 0.5) is 0 Å². The Labute approximate surface area is 39.7 Å². The van der Waals surface area contributed by atoms with E-state index in [-0.39, 0.29) is 6.40 Å². The first-order valence-electron chi connectivity index (χ1n) is 1.29. The van der Waals surface area contributed by atoms with Crippen molar-refractivity contribution in [1.82, 2.24) is 0 Å². The molecule has 0 saturated carbocycles. The zero-order valence-corrected chi connectivity index (χ0v) is 4.13. The van der Waals surface area contributed by atoms with Crippen LogP contribution in [0.1, 0.15) is 0 Å². The Morgan fingerprint density at radius 1 is 1.71 bits per heavy atom. The highest BCUT2D eigenvalue weighted by molar-refractivity contribution is 7.46. The van der Waals surface area contributed by atoms with Crippen molar-refractivity contribution < 1.29 is 18.9 Å². The van der Waals surface area contributed by atoms with E-state index in [2.05, 4.69) is 4.52 Å². The van der Waals surface area contributed by atoms with Crippen LogP contribution < -0.4 is 0 Å². The third kappa shape index (κ3) is 5.62. The molecule has 0 atom stereocenters. The third-order valence-corrected chi connectivity index (χ3v) is 0.570. The summed E-state index contributed by atoms with van der Waals surface area (Å²) in [5.74, 6) is 0. The molecule has 0 aromatic carbocycles. The maximum absolute atomic E-state index is 9.55. The first-order chi connectivity index (χ1) is 3.06. The molecule has 0 radical (unpaired) electrons. The molecule has 3 N–H and O–H groups in total. The van der Waals surface area contributed by atoms with Gasteiger partial charge < -0.3 is 4.52 Å². The SMILES string of the molecule is N=COP(=O)(O)O. The van der Waals surface area contributed by atoms with Gasteiger partial charge in [-0.3, -0.25) is 15.2 Å². The minimum absolute atomic E-state index is 0.195. The van der Waals surface area contributed by atoms with Crippen LogP contribution in [-0.4, -0.2) is 16.2 Å². The van der Waals surface area contributed by atoms with Gasteiger partial charge >= 0.3 is 7.82 Å². The Morgan fingerprint density at radius 3 is 2.14 bits per heavy atom. The van der Waals surface area contributed by atoms with Gasteiger partial charge in [-0.25, -0.2) is 4.57 Å². The number of hydrogen-bond donors (Lipinski definition) is 3. The second-order valence-electron chi connectivity index (χ2n) is 0.714. The minimum Gasteiger partial charge on any atom is -0.393 e. The molecule has 0 rings (SSSR count). The molecule has 0 aliphatic rings. The molecular weight excluding hydrogens is 121 g/mol. The molecule has 0 unspecified atom stereocenters. The minimum atomic E-state index is -4.41. The number of hydrogen-bond acceptors (Lipinski definition) is 3. The molecule has 0 aromatic rings. The molecule has 0 aliphatic heterocycles. The van der Waals surface area contributed by atoms with E-state index in [1.807, 2.05) is 0 Å². The fraction of sp³-hybridized carbons (Fsp3) is 0. The summed E-state index contributed by atoms with van der Waals surface area (Å²) in [4.78, 5) is 15.5. The maximum atomic E-state index is 9.55. The lowest BCUT2D eigenvalue weighted by molar-refractivity contribution is 0.283. The van der Waals surface area contributed by atoms with Crippen molar-refractivity contribution in [1.29, 1.82) is 5.41 Å². The highest BCUT2D eigenvalue weighted by Gasteiger charge is 2.10. The second kappa shape index (κ2) is 2.07. The largest absolute Gasteiger partial charge is 0.525 e. The highest BCUT2D eigenvalue weighted by atomic mass is 31.2. The van der Waals surface area contributed by atoms with Crippen molar-refractivity contribution in [3.05, 3.63) is 0 Å². The first-order valence-corrected chi connectivity index (χ1v) is 2.82. The van der Waals surface area contributed by atoms with Gasteiger partial charge in [0.2, 0.25) is 0 Å². The van der Waals surface area contributed by atoms with Crippen LogP contribution in [0.25, 0.3) is 0 Å². The van der Waals surface area contributed by atoms with Crippen molar-refractivity contribution in [2.24, 2.45) is 0 Å². The molecule has 6 heteroatoms. The lowest BCUT2D eigenvalue weighted by atomic mass is 11.6. The van der Waals surface area contributed by atoms with Crippen molar-refractivity contribution in [2.75, 3.05) is 0 Å². The van der Waals surface area contributed by atoms with E-state index < -0.39 is 7.82 Å². The van der Waals surface area contributed by atoms with Crippen LogP contribution in [0.5, 0.6) is 0 Å². The predicted molar refractivity (Wildman–Crippen MR) is 21.9 cm³/mol. The van der Waals surface area contributed by atoms with Crippen molar-refractivity contribution in [2.45, 2.75) is 0 Å². The van der Waals surface area contributed by atoms with Crippen LogP contribution in [-0.2, 0) is 9.09 Å². The van der Waals surface area contributed by atoms with E-state index in [9.17, 15) is 4.57 Å². The highest BCUT2D eigenvalue weighted by Crippen LogP contribution is 2.33. The lowest BCUT2D eigenvalue weighted by Crippen LogP contribution is -1.81. The number of phosphoric acid groups is 1. The summed E-state index contributed by atoms with van der Waals surface area (Å²) in [6, 6.07) is 0. The van der Waals surface area contributed by atoms with Crippen LogP contribution in [0.15, 0.2) is 0 Å². The monoisotopic (exact) mass is 125 g/mol. The Balaban J connectivity index is 3.57. The molecule has 0 aromatic heterocycles. The summed E-state index contributed by atoms with van der Waals surface area (Å²) in [5, 5.41) is 6.02. The van der Waals surface area contributed by atoms with Gasteiger partial charge in [0, 0.05) is 0 Å². The molecule has 0 aliphatic carbocycles. The van der Waals surface area contributed by atoms with Crippen LogP contribution >= 0.6 is 7.82 Å². The maximum Gasteiger partial charge on any atom is 0.525 e. The molecule has 0 spiro atoms. The summed E-state index contributed by atoms with van der Waals surface area (Å²) in [6.07, 6.45) is 0.195. The molecule has 0 bridgehead atoms. The van der Waals surface area contributed by atoms with Crippen LogP contribution in [0.2, 0.25) is 0 Å². The Morgan fingerprint density at radius 2 is 2.14 bits per heavy atom. The van der Waals surface area contributed by atoms with Gasteiger partial charge in [0.25, 0.3) is 0 Å². The summed E-state index contributed by atoms with van der Waals surface area (Å²) < 4.78 is 13.0. The summed E-state index contributed by atoms with van der Waals surface area (Å²) in [5.41, 5.74) is 0. The number of nitrogens with one attached hydrogen (secondary N) is 1. The third-order valence-electron chi connectivity index (χ3n) is 0.190. The first kappa shape index (κ1) is 6.62. The van der Waals surface area contributed by atoms with Crippen molar-refractivity contribution >= 4 is 14.2 Å². The van der Waals surface area contributed by atoms with E-state index >= 15 is 0 Å². The standard InChI is InChI=1S/CH4NO4P/c2-1-6-7(3,4)5/h1-2H,(H2,3,4,5). The van der Waals surface area contributed by atoms with Crippen LogP contribution in [0.3, 0.4) is 0 Å². The molecule has 0 saturated heterocycles. The topological polar surface area (TPSA) is 90.6 Å². The molecule has 0 heterocycles. The van der Waals surface area contributed by atoms with Gasteiger partial charge in [0.05, 0.1) is 0 Å². The fourth-order valence-electron chi connectivity index (χ4n) is 0.0687. The number of rotatable bonds is 2. The molecule has 5 nitrogen and oxygen atoms in total. The Kier molecular flexibility index (Phi) is 1.95. The Hall–Kier alpha value is -0.380. The van der Waals surface area contributed by atoms with E-state index in [1.54, 1.807) is 0 Å². The van der Waals surface area contributed by atoms with Crippen molar-refractivity contribution in [3.8, 4) is 0 Å². The molecule has 0 fully saturated rings. The van der Waals surface area contributed by atoms with E-state index in [0.29, 0.717) is 0 Å². The van der Waals surface area contributed by atoms with E-state index in [0.717, 1.165) is 0 Å². The summed E-state index contributed by atoms with van der Waals surface area (Å²) in [7, 11) is -4.41. The smallest absolute Gasteiger partial charge is 0.393 e. The summed E-state index contributed by atoms with van der Waals surface area (Å²) >= 11 is 0. The van der Waals surface area contributed by atoms with Gasteiger partial charge in [-0.2, -0.15) is 0 Å². The average Bonchev–Trinajstić information content (AvgIpc) is 1.30. The van der Waals surface area contributed by atoms with E-state index in [1.165, 1.54) is 0 Å². The van der Waals surface area contributed by atoms with Gasteiger partial charge in [-0.15, -0.1) is 0 Å². The van der Waals surface area contributed by atoms with E-state index in [4.69, 9.17) is 15.2 Å². The van der Waals surface area contributed by atoms with Crippen molar-refractivity contribution in [3.63, 3.8) is 0 Å². The zero-order valence-electron chi connectivity index (χ0n) is 3.24. The van der Waals surface area contributed by atoms with Gasteiger partial charge in [0.15, 0.2) is 6.40 Å². The number of phosphoric ester groups is 1. The molecule has 42 valence electrons. The zero-order chi connectivity index (χ0) is 5.91. The average molecular weight is 125 g/mol. The molecule has 0 amide bonds. The lowest BCUT2D eigenvalue weighted by Gasteiger charge is -1.95. The predicted octanol–water partition coefficient (Wildman–Crippen LogP) is -0.297. The van der Waals surface area contributed by atoms with Gasteiger partial charge in [-0.05, 0) is 0 Å². The van der Waals surface area contributed by atoms with Gasteiger partial charge in [-0.1, -0.05) is 0 Å². The Bertz CT molecular complexity index is 104. The second-order valence-corrected chi connectivity index (χ2v) is 1.91. The fourth-order valence-corrected chi connectivity index (χ4v) is 0.206. The summed E-state index contributed by atoms with van der Waals surface area (Å²) in [6.45, 7) is 0. The quantitative estimate of drug-likeness (QED) is 0.268. The van der Waals surface area contributed by atoms with Gasteiger partial charge in [0.1, 0.15) is 0 Å². The molecule has 7 heavy (non-hydrogen) atoms. The molecular formula is CH4NO4P.